The molecule has 0 amide bonds. The molecular weight excluding hydrogens is 316 g/mol. The fourth-order valence-corrected chi connectivity index (χ4v) is 5.09. The van der Waals surface area contributed by atoms with E-state index in [1.807, 2.05) is 0 Å². The summed E-state index contributed by atoms with van der Waals surface area (Å²) in [5.74, 6) is 1.93. The first-order chi connectivity index (χ1) is 12.9. The molecule has 0 unspecified atom stereocenters. The van der Waals surface area contributed by atoms with E-state index in [1.54, 1.807) is 0 Å². The maximum Gasteiger partial charge on any atom is 0.132 e. The normalized spacial score (nSPS) is 18.0. The van der Waals surface area contributed by atoms with Crippen molar-refractivity contribution < 1.29 is 4.74 Å². The topological polar surface area (TPSA) is 9.23 Å². The van der Waals surface area contributed by atoms with E-state index in [9.17, 15) is 0 Å². The lowest BCUT2D eigenvalue weighted by Crippen LogP contribution is -2.33. The molecule has 124 valence electrons. The Labute approximate surface area is 153 Å². The minimum atomic E-state index is -0.270. The quantitative estimate of drug-likeness (QED) is 0.472. The van der Waals surface area contributed by atoms with Gasteiger partial charge < -0.3 is 4.74 Å². The van der Waals surface area contributed by atoms with Crippen molar-refractivity contribution in [3.8, 4) is 11.5 Å². The summed E-state index contributed by atoms with van der Waals surface area (Å²) < 4.78 is 6.31. The molecule has 0 aromatic heterocycles. The Balaban J connectivity index is 1.83. The van der Waals surface area contributed by atoms with E-state index < -0.39 is 0 Å². The van der Waals surface area contributed by atoms with Crippen molar-refractivity contribution in [2.75, 3.05) is 0 Å². The number of ether oxygens (including phenoxy) is 1. The van der Waals surface area contributed by atoms with Crippen molar-refractivity contribution in [3.63, 3.8) is 0 Å². The smallest absolute Gasteiger partial charge is 0.132 e. The van der Waals surface area contributed by atoms with Crippen LogP contribution in [0.1, 0.15) is 35.1 Å². The lowest BCUT2D eigenvalue weighted by Gasteiger charge is -2.40. The van der Waals surface area contributed by atoms with Gasteiger partial charge in [-0.2, -0.15) is 0 Å². The third kappa shape index (κ3) is 1.56. The van der Waals surface area contributed by atoms with Gasteiger partial charge in [0.25, 0.3) is 0 Å². The third-order valence-corrected chi connectivity index (χ3v) is 6.03. The van der Waals surface area contributed by atoms with Gasteiger partial charge in [-0.1, -0.05) is 72.8 Å². The summed E-state index contributed by atoms with van der Waals surface area (Å²) in [5, 5.41) is 0. The van der Waals surface area contributed by atoms with Crippen molar-refractivity contribution in [3.05, 3.63) is 113 Å². The second kappa shape index (κ2) is 4.98. The van der Waals surface area contributed by atoms with Crippen LogP contribution in [0.4, 0.5) is 0 Å². The average molecular weight is 334 g/mol. The standard InChI is InChI=1S/C25H18O/c1-3-11-19-17(9-1)18-10-2-4-12-20(18)25(19)21-13-5-7-15-23(21)26-24-16-8-6-14-22(24)25/h1,3-9,11-16H,2,10H2. The average Bonchev–Trinajstić information content (AvgIpc) is 3.00. The first-order valence-electron chi connectivity index (χ1n) is 9.27. The largest absolute Gasteiger partial charge is 0.457 e. The maximum absolute atomic E-state index is 6.31. The molecule has 1 nitrogen and oxygen atoms in total. The van der Waals surface area contributed by atoms with E-state index in [1.165, 1.54) is 33.4 Å². The van der Waals surface area contributed by atoms with Crippen molar-refractivity contribution in [1.82, 2.24) is 0 Å². The fourth-order valence-electron chi connectivity index (χ4n) is 5.09. The molecule has 6 rings (SSSR count). The molecule has 0 saturated carbocycles. The Hall–Kier alpha value is -3.06. The Kier molecular flexibility index (Phi) is 2.71. The zero-order valence-electron chi connectivity index (χ0n) is 14.4. The summed E-state index contributed by atoms with van der Waals surface area (Å²) in [6.07, 6.45) is 6.91. The highest BCUT2D eigenvalue weighted by Gasteiger charge is 2.51. The highest BCUT2D eigenvalue weighted by molar-refractivity contribution is 5.90. The first-order valence-corrected chi connectivity index (χ1v) is 9.27. The molecule has 0 saturated heterocycles. The van der Waals surface area contributed by atoms with Crippen molar-refractivity contribution in [2.45, 2.75) is 18.3 Å². The number of rotatable bonds is 0. The van der Waals surface area contributed by atoms with E-state index >= 15 is 0 Å². The molecule has 3 aromatic rings. The van der Waals surface area contributed by atoms with Crippen LogP contribution in [-0.2, 0) is 5.41 Å². The van der Waals surface area contributed by atoms with Gasteiger partial charge in [0.2, 0.25) is 0 Å². The summed E-state index contributed by atoms with van der Waals surface area (Å²) in [4.78, 5) is 0. The molecule has 1 heteroatoms. The van der Waals surface area contributed by atoms with Crippen molar-refractivity contribution in [1.29, 1.82) is 0 Å². The lowest BCUT2D eigenvalue weighted by molar-refractivity contribution is 0.435. The molecule has 0 atom stereocenters. The van der Waals surface area contributed by atoms with Crippen LogP contribution < -0.4 is 4.74 Å². The van der Waals surface area contributed by atoms with Crippen LogP contribution in [0.2, 0.25) is 0 Å². The van der Waals surface area contributed by atoms with Gasteiger partial charge in [-0.25, -0.2) is 0 Å². The zero-order chi connectivity index (χ0) is 17.1. The van der Waals surface area contributed by atoms with Gasteiger partial charge in [-0.15, -0.1) is 0 Å². The molecule has 1 spiro atoms. The van der Waals surface area contributed by atoms with E-state index in [-0.39, 0.29) is 5.41 Å². The molecule has 2 aliphatic carbocycles. The van der Waals surface area contributed by atoms with Crippen LogP contribution in [0, 0.1) is 0 Å². The van der Waals surface area contributed by atoms with E-state index in [0.29, 0.717) is 0 Å². The van der Waals surface area contributed by atoms with Gasteiger partial charge >= 0.3 is 0 Å². The first kappa shape index (κ1) is 14.1. The summed E-state index contributed by atoms with van der Waals surface area (Å²) in [5.41, 5.74) is 7.94. The Bertz CT molecular complexity index is 1070. The van der Waals surface area contributed by atoms with Gasteiger partial charge in [0.15, 0.2) is 0 Å². The number of benzene rings is 3. The molecule has 1 aliphatic heterocycles. The van der Waals surface area contributed by atoms with E-state index in [2.05, 4.69) is 84.9 Å². The third-order valence-electron chi connectivity index (χ3n) is 6.03. The highest BCUT2D eigenvalue weighted by Crippen LogP contribution is 2.62. The summed E-state index contributed by atoms with van der Waals surface area (Å²) in [7, 11) is 0. The van der Waals surface area contributed by atoms with Crippen LogP contribution in [-0.4, -0.2) is 0 Å². The van der Waals surface area contributed by atoms with Crippen LogP contribution >= 0.6 is 0 Å². The molecule has 0 bridgehead atoms. The molecule has 0 N–H and O–H groups in total. The summed E-state index contributed by atoms with van der Waals surface area (Å²) >= 11 is 0. The molecule has 3 aliphatic rings. The van der Waals surface area contributed by atoms with Crippen molar-refractivity contribution >= 4 is 5.57 Å². The minimum absolute atomic E-state index is 0.270. The second-order valence-corrected chi connectivity index (χ2v) is 7.22. The SMILES string of the molecule is C1=CC2=C(CC1)c1ccccc1C21c2ccccc2Oc2ccccc21. The molecule has 3 aromatic carbocycles. The van der Waals surface area contributed by atoms with E-state index in [0.717, 1.165) is 24.3 Å². The van der Waals surface area contributed by atoms with Crippen LogP contribution in [0.3, 0.4) is 0 Å². The van der Waals surface area contributed by atoms with E-state index in [4.69, 9.17) is 4.74 Å². The van der Waals surface area contributed by atoms with Gasteiger partial charge in [0.05, 0.1) is 5.41 Å². The van der Waals surface area contributed by atoms with Crippen LogP contribution in [0.15, 0.2) is 90.5 Å². The fraction of sp³-hybridized carbons (Fsp3) is 0.120. The van der Waals surface area contributed by atoms with Gasteiger partial charge in [0, 0.05) is 11.1 Å². The van der Waals surface area contributed by atoms with Crippen molar-refractivity contribution in [2.24, 2.45) is 0 Å². The number of fused-ring (bicyclic) bond motifs is 8. The zero-order valence-corrected chi connectivity index (χ0v) is 14.4. The van der Waals surface area contributed by atoms with Gasteiger partial charge in [-0.3, -0.25) is 0 Å². The number of para-hydroxylation sites is 2. The predicted octanol–water partition coefficient (Wildman–Crippen LogP) is 6.24. The Morgan fingerprint density at radius 3 is 2.04 bits per heavy atom. The Morgan fingerprint density at radius 2 is 1.31 bits per heavy atom. The molecule has 0 radical (unpaired) electrons. The number of hydrogen-bond acceptors (Lipinski definition) is 1. The Morgan fingerprint density at radius 1 is 0.692 bits per heavy atom. The lowest BCUT2D eigenvalue weighted by atomic mass is 9.65. The van der Waals surface area contributed by atoms with Gasteiger partial charge in [0.1, 0.15) is 11.5 Å². The summed E-state index contributed by atoms with van der Waals surface area (Å²) in [6.45, 7) is 0. The molecule has 0 fully saturated rings. The van der Waals surface area contributed by atoms with Crippen LogP contribution in [0.25, 0.3) is 5.57 Å². The second-order valence-electron chi connectivity index (χ2n) is 7.22. The molecule has 26 heavy (non-hydrogen) atoms. The number of hydrogen-bond donors (Lipinski definition) is 0. The van der Waals surface area contributed by atoms with Crippen LogP contribution in [0.5, 0.6) is 11.5 Å². The predicted molar refractivity (Wildman–Crippen MR) is 105 cm³/mol. The maximum atomic E-state index is 6.31. The number of allylic oxidation sites excluding steroid dienone is 4. The highest BCUT2D eigenvalue weighted by atomic mass is 16.5. The monoisotopic (exact) mass is 334 g/mol. The molecular formula is C25H18O. The minimum Gasteiger partial charge on any atom is -0.457 e. The summed E-state index contributed by atoms with van der Waals surface area (Å²) in [6, 6.07) is 26.0. The molecule has 1 heterocycles. The van der Waals surface area contributed by atoms with Gasteiger partial charge in [-0.05, 0) is 47.2 Å².